The van der Waals surface area contributed by atoms with E-state index in [9.17, 15) is 9.59 Å². The minimum absolute atomic E-state index is 0.0516. The highest BCUT2D eigenvalue weighted by molar-refractivity contribution is 5.94. The van der Waals surface area contributed by atoms with Gasteiger partial charge >= 0.3 is 0 Å². The van der Waals surface area contributed by atoms with Crippen molar-refractivity contribution in [2.75, 3.05) is 13.1 Å². The monoisotopic (exact) mass is 313 g/mol. The summed E-state index contributed by atoms with van der Waals surface area (Å²) >= 11 is 0. The fraction of sp³-hybridized carbons (Fsp3) is 0.312. The number of hydrogen-bond acceptors (Lipinski definition) is 4. The minimum atomic E-state index is -0.144. The quantitative estimate of drug-likeness (QED) is 0.762. The number of nitrogens with two attached hydrogens (primary N) is 1. The molecule has 23 heavy (non-hydrogen) atoms. The van der Waals surface area contributed by atoms with Crippen LogP contribution in [0, 0.1) is 0 Å². The molecule has 120 valence electrons. The van der Waals surface area contributed by atoms with Gasteiger partial charge in [0.25, 0.3) is 5.91 Å². The molecule has 1 aromatic carbocycles. The maximum atomic E-state index is 12.3. The molecule has 0 bridgehead atoms. The molecule has 2 heterocycles. The molecule has 0 saturated carbocycles. The molecule has 1 saturated heterocycles. The second kappa shape index (κ2) is 6.62. The van der Waals surface area contributed by atoms with Gasteiger partial charge < -0.3 is 16.0 Å². The van der Waals surface area contributed by atoms with Gasteiger partial charge in [-0.1, -0.05) is 18.2 Å². The molecule has 7 nitrogen and oxygen atoms in total. The smallest absolute Gasteiger partial charge is 0.251 e. The number of benzene rings is 1. The van der Waals surface area contributed by atoms with Crippen LogP contribution in [0.15, 0.2) is 42.6 Å². The van der Waals surface area contributed by atoms with Crippen LogP contribution in [-0.4, -0.2) is 46.0 Å². The molecule has 1 aliphatic rings. The second-order valence-corrected chi connectivity index (χ2v) is 5.55. The van der Waals surface area contributed by atoms with Gasteiger partial charge in [0.05, 0.1) is 18.3 Å². The van der Waals surface area contributed by atoms with Crippen LogP contribution in [0.4, 0.5) is 0 Å². The van der Waals surface area contributed by atoms with Crippen LogP contribution < -0.4 is 11.1 Å². The molecule has 2 amide bonds. The maximum absolute atomic E-state index is 12.3. The molecule has 7 heteroatoms. The lowest BCUT2D eigenvalue weighted by Crippen LogP contribution is -2.40. The van der Waals surface area contributed by atoms with Crippen molar-refractivity contribution in [2.24, 2.45) is 5.73 Å². The summed E-state index contributed by atoms with van der Waals surface area (Å²) in [4.78, 5) is 26.1. The second-order valence-electron chi connectivity index (χ2n) is 5.55. The Bertz CT molecular complexity index is 671. The Morgan fingerprint density at radius 3 is 2.74 bits per heavy atom. The van der Waals surface area contributed by atoms with Gasteiger partial charge in [-0.3, -0.25) is 14.7 Å². The van der Waals surface area contributed by atoms with Crippen LogP contribution in [0.1, 0.15) is 28.5 Å². The molecule has 4 N–H and O–H groups in total. The first kappa shape index (κ1) is 15.2. The summed E-state index contributed by atoms with van der Waals surface area (Å²) in [6.45, 7) is 0.391. The summed E-state index contributed by atoms with van der Waals surface area (Å²) < 4.78 is 0. The summed E-state index contributed by atoms with van der Waals surface area (Å²) in [5.74, 6) is -0.276. The third-order valence-electron chi connectivity index (χ3n) is 4.05. The molecule has 0 spiro atoms. The number of aromatic nitrogens is 2. The number of aromatic amines is 1. The number of nitrogens with one attached hydrogen (secondary N) is 2. The van der Waals surface area contributed by atoms with Crippen molar-refractivity contribution in [3.8, 4) is 0 Å². The first-order valence-electron chi connectivity index (χ1n) is 7.53. The molecule has 1 aromatic heterocycles. The van der Waals surface area contributed by atoms with E-state index in [-0.39, 0.29) is 30.4 Å². The van der Waals surface area contributed by atoms with E-state index in [1.54, 1.807) is 23.2 Å². The molecule has 1 aliphatic heterocycles. The number of carbonyl (C=O) groups excluding carboxylic acids is 2. The van der Waals surface area contributed by atoms with Gasteiger partial charge in [0.15, 0.2) is 0 Å². The van der Waals surface area contributed by atoms with Gasteiger partial charge in [0.2, 0.25) is 5.91 Å². The van der Waals surface area contributed by atoms with E-state index < -0.39 is 0 Å². The van der Waals surface area contributed by atoms with Crippen molar-refractivity contribution in [2.45, 2.75) is 18.5 Å². The van der Waals surface area contributed by atoms with E-state index in [1.165, 1.54) is 0 Å². The summed E-state index contributed by atoms with van der Waals surface area (Å²) in [5.41, 5.74) is 6.96. The lowest BCUT2D eigenvalue weighted by molar-refractivity contribution is -0.130. The third kappa shape index (κ3) is 3.24. The number of rotatable bonds is 4. The van der Waals surface area contributed by atoms with E-state index in [0.717, 1.165) is 5.69 Å². The van der Waals surface area contributed by atoms with Crippen LogP contribution in [0.25, 0.3) is 0 Å². The van der Waals surface area contributed by atoms with Crippen molar-refractivity contribution < 1.29 is 9.59 Å². The first-order valence-corrected chi connectivity index (χ1v) is 7.53. The van der Waals surface area contributed by atoms with Gasteiger partial charge in [-0.15, -0.1) is 0 Å². The summed E-state index contributed by atoms with van der Waals surface area (Å²) in [7, 11) is 0. The van der Waals surface area contributed by atoms with Crippen LogP contribution >= 0.6 is 0 Å². The predicted octanol–water partition coefficient (Wildman–Crippen LogP) is 0.440. The fourth-order valence-corrected chi connectivity index (χ4v) is 2.94. The van der Waals surface area contributed by atoms with Gasteiger partial charge in [-0.05, 0) is 24.6 Å². The Balaban J connectivity index is 1.72. The molecule has 2 aromatic rings. The van der Waals surface area contributed by atoms with Gasteiger partial charge in [-0.25, -0.2) is 0 Å². The normalized spacial score (nSPS) is 20.5. The Kier molecular flexibility index (Phi) is 4.38. The SMILES string of the molecule is NCC(=O)N1CC(NC(=O)c2ccccc2)CC1c1ccn[nH]1. The van der Waals surface area contributed by atoms with Crippen LogP contribution in [0.2, 0.25) is 0 Å². The number of H-pyrrole nitrogens is 1. The molecule has 2 unspecified atom stereocenters. The van der Waals surface area contributed by atoms with E-state index in [1.807, 2.05) is 24.3 Å². The van der Waals surface area contributed by atoms with Crippen molar-refractivity contribution in [3.05, 3.63) is 53.9 Å². The van der Waals surface area contributed by atoms with E-state index in [4.69, 9.17) is 5.73 Å². The molecule has 1 fully saturated rings. The minimum Gasteiger partial charge on any atom is -0.347 e. The highest BCUT2D eigenvalue weighted by Crippen LogP contribution is 2.30. The molecule has 3 rings (SSSR count). The Morgan fingerprint density at radius 2 is 2.09 bits per heavy atom. The molecular weight excluding hydrogens is 294 g/mol. The summed E-state index contributed by atoms with van der Waals surface area (Å²) in [6.07, 6.45) is 2.28. The largest absolute Gasteiger partial charge is 0.347 e. The van der Waals surface area contributed by atoms with Crippen molar-refractivity contribution in [1.82, 2.24) is 20.4 Å². The zero-order valence-electron chi connectivity index (χ0n) is 12.6. The number of hydrogen-bond donors (Lipinski definition) is 3. The Hall–Kier alpha value is -2.67. The fourth-order valence-electron chi connectivity index (χ4n) is 2.94. The van der Waals surface area contributed by atoms with Gasteiger partial charge in [0, 0.05) is 24.3 Å². The van der Waals surface area contributed by atoms with E-state index >= 15 is 0 Å². The molecule has 0 radical (unpaired) electrons. The highest BCUT2D eigenvalue weighted by atomic mass is 16.2. The lowest BCUT2D eigenvalue weighted by Gasteiger charge is -2.22. The zero-order chi connectivity index (χ0) is 16.2. The standard InChI is InChI=1S/C16H19N5O2/c17-9-15(22)21-10-12(8-14(21)13-6-7-18-20-13)19-16(23)11-4-2-1-3-5-11/h1-7,12,14H,8-10,17H2,(H,18,20)(H,19,23). The Labute approximate surface area is 133 Å². The van der Waals surface area contributed by atoms with Crippen molar-refractivity contribution >= 4 is 11.8 Å². The topological polar surface area (TPSA) is 104 Å². The summed E-state index contributed by atoms with van der Waals surface area (Å²) in [6, 6.07) is 10.6. The highest BCUT2D eigenvalue weighted by Gasteiger charge is 2.37. The molecule has 2 atom stereocenters. The Morgan fingerprint density at radius 1 is 1.30 bits per heavy atom. The average molecular weight is 313 g/mol. The van der Waals surface area contributed by atoms with E-state index in [0.29, 0.717) is 18.5 Å². The lowest BCUT2D eigenvalue weighted by atomic mass is 10.1. The van der Waals surface area contributed by atoms with Crippen molar-refractivity contribution in [1.29, 1.82) is 0 Å². The maximum Gasteiger partial charge on any atom is 0.251 e. The number of likely N-dealkylation sites (tertiary alicyclic amines) is 1. The van der Waals surface area contributed by atoms with Gasteiger partial charge in [-0.2, -0.15) is 5.10 Å². The average Bonchev–Trinajstić information content (AvgIpc) is 3.24. The number of amides is 2. The van der Waals surface area contributed by atoms with Crippen LogP contribution in [-0.2, 0) is 4.79 Å². The molecular formula is C16H19N5O2. The van der Waals surface area contributed by atoms with E-state index in [2.05, 4.69) is 15.5 Å². The summed E-state index contributed by atoms with van der Waals surface area (Å²) in [5, 5.41) is 9.82. The van der Waals surface area contributed by atoms with Crippen LogP contribution in [0.3, 0.4) is 0 Å². The van der Waals surface area contributed by atoms with Crippen molar-refractivity contribution in [3.63, 3.8) is 0 Å². The van der Waals surface area contributed by atoms with Crippen LogP contribution in [0.5, 0.6) is 0 Å². The number of nitrogens with zero attached hydrogens (tertiary/aromatic N) is 2. The van der Waals surface area contributed by atoms with Gasteiger partial charge in [0.1, 0.15) is 0 Å². The number of carbonyl (C=O) groups is 2. The molecule has 0 aliphatic carbocycles. The third-order valence-corrected chi connectivity index (χ3v) is 4.05. The predicted molar refractivity (Wildman–Crippen MR) is 84.4 cm³/mol. The first-order chi connectivity index (χ1) is 11.2. The zero-order valence-corrected chi connectivity index (χ0v) is 12.6.